The maximum Gasteiger partial charge on any atom is 0.223 e. The number of aryl methyl sites for hydroxylation is 1. The van der Waals surface area contributed by atoms with Gasteiger partial charge in [0.1, 0.15) is 0 Å². The van der Waals surface area contributed by atoms with Crippen LogP contribution < -0.4 is 5.73 Å². The Balaban J connectivity index is 1.43. The van der Waals surface area contributed by atoms with Gasteiger partial charge in [-0.05, 0) is 25.2 Å². The number of aromatic nitrogens is 1. The largest absolute Gasteiger partial charge is 0.375 e. The zero-order valence-electron chi connectivity index (χ0n) is 14.1. The number of carbonyl (C=O) groups excluding carboxylic acids is 1. The van der Waals surface area contributed by atoms with E-state index in [4.69, 9.17) is 5.73 Å². The van der Waals surface area contributed by atoms with Crippen LogP contribution in [0.25, 0.3) is 0 Å². The zero-order chi connectivity index (χ0) is 17.6. The highest BCUT2D eigenvalue weighted by atomic mass is 32.2. The molecule has 2 N–H and O–H groups in total. The summed E-state index contributed by atoms with van der Waals surface area (Å²) in [4.78, 5) is 21.1. The Morgan fingerprint density at radius 2 is 2.04 bits per heavy atom. The summed E-state index contributed by atoms with van der Waals surface area (Å²) >= 11 is 1.37. The maximum atomic E-state index is 12.7. The first kappa shape index (κ1) is 17.2. The number of piperazine rings is 1. The molecule has 1 aliphatic carbocycles. The number of carbonyl (C=O) groups is 1. The van der Waals surface area contributed by atoms with Crippen molar-refractivity contribution in [2.45, 2.75) is 37.8 Å². The molecule has 138 valence electrons. The van der Waals surface area contributed by atoms with Gasteiger partial charge in [-0.3, -0.25) is 9.69 Å². The summed E-state index contributed by atoms with van der Waals surface area (Å²) in [5, 5.41) is 2.39. The summed E-state index contributed by atoms with van der Waals surface area (Å²) in [6.45, 7) is 2.39. The van der Waals surface area contributed by atoms with E-state index in [9.17, 15) is 13.2 Å². The average Bonchev–Trinajstić information content (AvgIpc) is 3.17. The van der Waals surface area contributed by atoms with E-state index < -0.39 is 9.84 Å². The van der Waals surface area contributed by atoms with Crippen molar-refractivity contribution in [3.8, 4) is 0 Å². The third-order valence-corrected chi connectivity index (χ3v) is 7.89. The molecule has 3 fully saturated rings. The SMILES string of the molecule is Nc1nc(CCC(=O)N2CCN(CC3CC3)[C@@H]3CS(=O)(=O)C[C@@H]32)cs1. The van der Waals surface area contributed by atoms with Crippen LogP contribution in [0.1, 0.15) is 25.0 Å². The van der Waals surface area contributed by atoms with Gasteiger partial charge in [-0.1, -0.05) is 0 Å². The fraction of sp³-hybridized carbons (Fsp3) is 0.750. The highest BCUT2D eigenvalue weighted by Crippen LogP contribution is 2.34. The lowest BCUT2D eigenvalue weighted by atomic mass is 10.0. The number of thiazole rings is 1. The minimum absolute atomic E-state index is 0.0294. The van der Waals surface area contributed by atoms with Crippen molar-refractivity contribution < 1.29 is 13.2 Å². The number of anilines is 1. The van der Waals surface area contributed by atoms with E-state index in [0.717, 1.165) is 24.7 Å². The number of sulfone groups is 1. The molecule has 0 aromatic carbocycles. The van der Waals surface area contributed by atoms with Crippen molar-refractivity contribution in [1.29, 1.82) is 0 Å². The molecule has 0 unspecified atom stereocenters. The first-order valence-corrected chi connectivity index (χ1v) is 11.6. The molecule has 1 aromatic rings. The number of fused-ring (bicyclic) bond motifs is 1. The van der Waals surface area contributed by atoms with E-state index >= 15 is 0 Å². The number of amides is 1. The van der Waals surface area contributed by atoms with Crippen LogP contribution in [0.5, 0.6) is 0 Å². The number of nitrogen functional groups attached to an aromatic ring is 1. The zero-order valence-corrected chi connectivity index (χ0v) is 15.8. The van der Waals surface area contributed by atoms with Crippen LogP contribution in [0.15, 0.2) is 5.38 Å². The van der Waals surface area contributed by atoms with E-state index in [1.807, 2.05) is 10.3 Å². The minimum Gasteiger partial charge on any atom is -0.375 e. The van der Waals surface area contributed by atoms with Crippen molar-refractivity contribution in [1.82, 2.24) is 14.8 Å². The second-order valence-corrected chi connectivity index (χ2v) is 10.5. The van der Waals surface area contributed by atoms with Gasteiger partial charge < -0.3 is 10.6 Å². The third kappa shape index (κ3) is 3.83. The van der Waals surface area contributed by atoms with Crippen LogP contribution in [0, 0.1) is 5.92 Å². The Bertz CT molecular complexity index is 759. The van der Waals surface area contributed by atoms with Gasteiger partial charge in [0, 0.05) is 37.5 Å². The Labute approximate surface area is 152 Å². The molecule has 2 saturated heterocycles. The summed E-state index contributed by atoms with van der Waals surface area (Å²) < 4.78 is 24.4. The van der Waals surface area contributed by atoms with Crippen molar-refractivity contribution in [2.75, 3.05) is 36.9 Å². The Kier molecular flexibility index (Phi) is 4.49. The number of rotatable bonds is 5. The number of hydrogen-bond donors (Lipinski definition) is 1. The summed E-state index contributed by atoms with van der Waals surface area (Å²) in [5.74, 6) is 1.05. The molecule has 3 heterocycles. The normalized spacial score (nSPS) is 28.9. The molecule has 2 atom stereocenters. The van der Waals surface area contributed by atoms with Crippen LogP contribution in [0.2, 0.25) is 0 Å². The van der Waals surface area contributed by atoms with Gasteiger partial charge in [-0.25, -0.2) is 13.4 Å². The lowest BCUT2D eigenvalue weighted by molar-refractivity contribution is -0.137. The number of hydrogen-bond acceptors (Lipinski definition) is 7. The predicted octanol–water partition coefficient (Wildman–Crippen LogP) is 0.378. The Morgan fingerprint density at radius 1 is 1.28 bits per heavy atom. The molecular weight excluding hydrogens is 360 g/mol. The van der Waals surface area contributed by atoms with Crippen molar-refractivity contribution in [3.05, 3.63) is 11.1 Å². The van der Waals surface area contributed by atoms with Gasteiger partial charge in [0.25, 0.3) is 0 Å². The third-order valence-electron chi connectivity index (χ3n) is 5.47. The summed E-state index contributed by atoms with van der Waals surface area (Å²) in [7, 11) is -3.07. The molecule has 0 spiro atoms. The molecule has 1 aromatic heterocycles. The van der Waals surface area contributed by atoms with Gasteiger partial charge in [0.2, 0.25) is 5.91 Å². The second kappa shape index (κ2) is 6.51. The summed E-state index contributed by atoms with van der Waals surface area (Å²) in [5.41, 5.74) is 6.46. The Hall–Kier alpha value is -1.19. The fourth-order valence-corrected chi connectivity index (χ4v) is 6.62. The number of nitrogens with two attached hydrogens (primary N) is 1. The molecule has 4 rings (SSSR count). The standard InChI is InChI=1S/C16H24N4O3S2/c17-16-18-12(8-24-16)3-4-15(21)20-6-5-19(7-11-1-2-11)13-9-25(22,23)10-14(13)20/h8,11,13-14H,1-7,9-10H2,(H2,17,18)/t13-,14+/m1/s1. The van der Waals surface area contributed by atoms with E-state index in [1.54, 1.807) is 0 Å². The second-order valence-electron chi connectivity index (χ2n) is 7.41. The monoisotopic (exact) mass is 384 g/mol. The van der Waals surface area contributed by atoms with Gasteiger partial charge in [-0.2, -0.15) is 0 Å². The van der Waals surface area contributed by atoms with Gasteiger partial charge in [-0.15, -0.1) is 11.3 Å². The van der Waals surface area contributed by atoms with E-state index in [2.05, 4.69) is 9.88 Å². The molecule has 7 nitrogen and oxygen atoms in total. The van der Waals surface area contributed by atoms with Crippen LogP contribution in [0.3, 0.4) is 0 Å². The van der Waals surface area contributed by atoms with Gasteiger partial charge in [0.15, 0.2) is 15.0 Å². The summed E-state index contributed by atoms with van der Waals surface area (Å²) in [6, 6.07) is -0.219. The van der Waals surface area contributed by atoms with E-state index in [1.165, 1.54) is 24.2 Å². The highest BCUT2D eigenvalue weighted by Gasteiger charge is 2.48. The highest BCUT2D eigenvalue weighted by molar-refractivity contribution is 7.91. The molecule has 0 radical (unpaired) electrons. The molecule has 1 saturated carbocycles. The number of nitrogens with zero attached hydrogens (tertiary/aromatic N) is 3. The van der Waals surface area contributed by atoms with Crippen molar-refractivity contribution >= 4 is 32.2 Å². The van der Waals surface area contributed by atoms with Crippen LogP contribution in [-0.4, -0.2) is 72.3 Å². The first-order valence-electron chi connectivity index (χ1n) is 8.85. The lowest BCUT2D eigenvalue weighted by Crippen LogP contribution is -2.60. The molecule has 1 amide bonds. The van der Waals surface area contributed by atoms with Crippen LogP contribution in [0.4, 0.5) is 5.13 Å². The van der Waals surface area contributed by atoms with E-state index in [0.29, 0.717) is 24.5 Å². The fourth-order valence-electron chi connectivity index (χ4n) is 4.01. The molecule has 0 bridgehead atoms. The van der Waals surface area contributed by atoms with E-state index in [-0.39, 0.29) is 29.5 Å². The minimum atomic E-state index is -3.07. The van der Waals surface area contributed by atoms with Crippen molar-refractivity contribution in [2.24, 2.45) is 5.92 Å². The topological polar surface area (TPSA) is 96.6 Å². The molecular formula is C16H24N4O3S2. The summed E-state index contributed by atoms with van der Waals surface area (Å²) in [6.07, 6.45) is 3.41. The maximum absolute atomic E-state index is 12.7. The first-order chi connectivity index (χ1) is 11.9. The molecule has 2 aliphatic heterocycles. The van der Waals surface area contributed by atoms with Gasteiger partial charge >= 0.3 is 0 Å². The van der Waals surface area contributed by atoms with Crippen molar-refractivity contribution in [3.63, 3.8) is 0 Å². The molecule has 3 aliphatic rings. The molecule has 9 heteroatoms. The Morgan fingerprint density at radius 3 is 2.72 bits per heavy atom. The lowest BCUT2D eigenvalue weighted by Gasteiger charge is -2.44. The van der Waals surface area contributed by atoms with Crippen LogP contribution >= 0.6 is 11.3 Å². The predicted molar refractivity (Wildman–Crippen MR) is 97.1 cm³/mol. The van der Waals surface area contributed by atoms with Crippen LogP contribution in [-0.2, 0) is 21.1 Å². The average molecular weight is 385 g/mol. The quantitative estimate of drug-likeness (QED) is 0.788. The molecule has 25 heavy (non-hydrogen) atoms. The smallest absolute Gasteiger partial charge is 0.223 e. The van der Waals surface area contributed by atoms with Gasteiger partial charge in [0.05, 0.1) is 23.2 Å².